The molecule has 0 bridgehead atoms. The lowest BCUT2D eigenvalue weighted by atomic mass is 10.2. The molecular weight excluding hydrogens is 325 g/mol. The lowest BCUT2D eigenvalue weighted by Crippen LogP contribution is -2.20. The SMILES string of the molecule is O=C(O)c1csc(NC(=O)c2ccccc2OC(F)(F)F)n1. The molecule has 0 aliphatic rings. The van der Waals surface area contributed by atoms with Crippen LogP contribution in [-0.4, -0.2) is 28.3 Å². The van der Waals surface area contributed by atoms with Crippen molar-refractivity contribution in [3.8, 4) is 5.75 Å². The topological polar surface area (TPSA) is 88.5 Å². The molecule has 2 aromatic rings. The van der Waals surface area contributed by atoms with Crippen LogP contribution in [0, 0.1) is 0 Å². The summed E-state index contributed by atoms with van der Waals surface area (Å²) in [5.41, 5.74) is -0.632. The fraction of sp³-hybridized carbons (Fsp3) is 0.0833. The van der Waals surface area contributed by atoms with Crippen LogP contribution in [0.25, 0.3) is 0 Å². The fourth-order valence-electron chi connectivity index (χ4n) is 1.46. The number of para-hydroxylation sites is 1. The zero-order chi connectivity index (χ0) is 16.3. The predicted octanol–water partition coefficient (Wildman–Crippen LogP) is 2.99. The number of anilines is 1. The van der Waals surface area contributed by atoms with Gasteiger partial charge in [-0.15, -0.1) is 24.5 Å². The molecule has 0 radical (unpaired) electrons. The predicted molar refractivity (Wildman–Crippen MR) is 70.2 cm³/mol. The van der Waals surface area contributed by atoms with Crippen LogP contribution in [0.3, 0.4) is 0 Å². The third-order valence-corrected chi connectivity index (χ3v) is 3.06. The Labute approximate surface area is 125 Å². The van der Waals surface area contributed by atoms with Gasteiger partial charge < -0.3 is 9.84 Å². The number of alkyl halides is 3. The molecule has 1 aromatic carbocycles. The van der Waals surface area contributed by atoms with Crippen molar-refractivity contribution in [2.75, 3.05) is 5.32 Å². The number of rotatable bonds is 4. The van der Waals surface area contributed by atoms with E-state index in [1.165, 1.54) is 17.5 Å². The van der Waals surface area contributed by atoms with E-state index in [-0.39, 0.29) is 16.4 Å². The Hall–Kier alpha value is -2.62. The van der Waals surface area contributed by atoms with E-state index in [0.29, 0.717) is 0 Å². The van der Waals surface area contributed by atoms with Gasteiger partial charge in [-0.3, -0.25) is 10.1 Å². The van der Waals surface area contributed by atoms with E-state index < -0.39 is 24.0 Å². The van der Waals surface area contributed by atoms with Crippen LogP contribution < -0.4 is 10.1 Å². The van der Waals surface area contributed by atoms with Gasteiger partial charge in [-0.1, -0.05) is 12.1 Å². The van der Waals surface area contributed by atoms with Crippen LogP contribution in [-0.2, 0) is 0 Å². The molecular formula is C12H7F3N2O4S. The van der Waals surface area contributed by atoms with E-state index in [1.54, 1.807) is 0 Å². The number of thiazole rings is 1. The van der Waals surface area contributed by atoms with Gasteiger partial charge in [0.15, 0.2) is 10.8 Å². The monoisotopic (exact) mass is 332 g/mol. The smallest absolute Gasteiger partial charge is 0.476 e. The summed E-state index contributed by atoms with van der Waals surface area (Å²) < 4.78 is 40.6. The molecule has 6 nitrogen and oxygen atoms in total. The zero-order valence-electron chi connectivity index (χ0n) is 10.5. The number of carboxylic acids is 1. The molecule has 1 amide bonds. The maximum absolute atomic E-state index is 12.3. The van der Waals surface area contributed by atoms with Crippen molar-refractivity contribution in [2.45, 2.75) is 6.36 Å². The van der Waals surface area contributed by atoms with Gasteiger partial charge in [-0.05, 0) is 12.1 Å². The van der Waals surface area contributed by atoms with Crippen LogP contribution in [0.5, 0.6) is 5.75 Å². The third kappa shape index (κ3) is 3.95. The summed E-state index contributed by atoms with van der Waals surface area (Å²) in [6.45, 7) is 0. The molecule has 1 heterocycles. The standard InChI is InChI=1S/C12H7F3N2O4S/c13-12(14,15)21-8-4-2-1-3-6(8)9(18)17-11-16-7(5-22-11)10(19)20/h1-5H,(H,19,20)(H,16,17,18). The number of carboxylic acid groups (broad SMARTS) is 1. The summed E-state index contributed by atoms with van der Waals surface area (Å²) >= 11 is 0.833. The van der Waals surface area contributed by atoms with Crippen molar-refractivity contribution in [3.05, 3.63) is 40.9 Å². The molecule has 22 heavy (non-hydrogen) atoms. The lowest BCUT2D eigenvalue weighted by Gasteiger charge is -2.12. The van der Waals surface area contributed by atoms with E-state index >= 15 is 0 Å². The number of nitrogens with one attached hydrogen (secondary N) is 1. The fourth-order valence-corrected chi connectivity index (χ4v) is 2.14. The van der Waals surface area contributed by atoms with Gasteiger partial charge in [-0.2, -0.15) is 0 Å². The minimum Gasteiger partial charge on any atom is -0.476 e. The second kappa shape index (κ2) is 6.02. The number of hydrogen-bond acceptors (Lipinski definition) is 5. The molecule has 10 heteroatoms. The molecule has 2 N–H and O–H groups in total. The molecule has 0 saturated carbocycles. The first-order valence-corrected chi connectivity index (χ1v) is 6.49. The highest BCUT2D eigenvalue weighted by Crippen LogP contribution is 2.27. The van der Waals surface area contributed by atoms with Gasteiger partial charge in [0.05, 0.1) is 5.56 Å². The summed E-state index contributed by atoms with van der Waals surface area (Å²) in [6, 6.07) is 4.78. The molecule has 0 saturated heterocycles. The largest absolute Gasteiger partial charge is 0.573 e. The first kappa shape index (κ1) is 15.8. The average molecular weight is 332 g/mol. The van der Waals surface area contributed by atoms with E-state index in [0.717, 1.165) is 23.5 Å². The van der Waals surface area contributed by atoms with Gasteiger partial charge in [0, 0.05) is 5.38 Å². The Morgan fingerprint density at radius 3 is 2.55 bits per heavy atom. The second-order valence-corrected chi connectivity index (χ2v) is 4.70. The summed E-state index contributed by atoms with van der Waals surface area (Å²) in [4.78, 5) is 26.2. The number of nitrogens with zero attached hydrogens (tertiary/aromatic N) is 1. The summed E-state index contributed by atoms with van der Waals surface area (Å²) in [5.74, 6) is -2.84. The maximum atomic E-state index is 12.3. The van der Waals surface area contributed by atoms with Crippen molar-refractivity contribution < 1.29 is 32.6 Å². The molecule has 0 aliphatic heterocycles. The van der Waals surface area contributed by atoms with Crippen LogP contribution in [0.1, 0.15) is 20.8 Å². The molecule has 0 aliphatic carbocycles. The van der Waals surface area contributed by atoms with Crippen molar-refractivity contribution in [1.29, 1.82) is 0 Å². The number of aromatic carboxylic acids is 1. The Balaban J connectivity index is 2.20. The number of amides is 1. The molecule has 0 spiro atoms. The van der Waals surface area contributed by atoms with Crippen LogP contribution in [0.15, 0.2) is 29.6 Å². The Bertz CT molecular complexity index is 714. The number of carbonyl (C=O) groups is 2. The first-order valence-electron chi connectivity index (χ1n) is 5.61. The highest BCUT2D eigenvalue weighted by Gasteiger charge is 2.32. The minimum absolute atomic E-state index is 0.0517. The summed E-state index contributed by atoms with van der Waals surface area (Å²) in [7, 11) is 0. The third-order valence-electron chi connectivity index (χ3n) is 2.30. The van der Waals surface area contributed by atoms with E-state index in [1.807, 2.05) is 0 Å². The van der Waals surface area contributed by atoms with Crippen LogP contribution in [0.4, 0.5) is 18.3 Å². The number of aromatic nitrogens is 1. The molecule has 0 atom stereocenters. The van der Waals surface area contributed by atoms with E-state index in [2.05, 4.69) is 15.0 Å². The highest BCUT2D eigenvalue weighted by molar-refractivity contribution is 7.14. The number of hydrogen-bond donors (Lipinski definition) is 2. The van der Waals surface area contributed by atoms with Crippen LogP contribution in [0.2, 0.25) is 0 Å². The highest BCUT2D eigenvalue weighted by atomic mass is 32.1. The number of halogens is 3. The second-order valence-electron chi connectivity index (χ2n) is 3.84. The molecule has 0 unspecified atom stereocenters. The van der Waals surface area contributed by atoms with Gasteiger partial charge >= 0.3 is 12.3 Å². The van der Waals surface area contributed by atoms with Gasteiger partial charge in [-0.25, -0.2) is 9.78 Å². The number of carbonyl (C=O) groups excluding carboxylic acids is 1. The quantitative estimate of drug-likeness (QED) is 0.898. The zero-order valence-corrected chi connectivity index (χ0v) is 11.4. The summed E-state index contributed by atoms with van der Waals surface area (Å²) in [6.07, 6.45) is -4.94. The lowest BCUT2D eigenvalue weighted by molar-refractivity contribution is -0.274. The first-order chi connectivity index (χ1) is 10.3. The Morgan fingerprint density at radius 2 is 1.95 bits per heavy atom. The van der Waals surface area contributed by atoms with Crippen molar-refractivity contribution in [1.82, 2.24) is 4.98 Å². The maximum Gasteiger partial charge on any atom is 0.573 e. The molecule has 2 rings (SSSR count). The number of benzene rings is 1. The molecule has 116 valence electrons. The van der Waals surface area contributed by atoms with Gasteiger partial charge in [0.2, 0.25) is 0 Å². The van der Waals surface area contributed by atoms with Gasteiger partial charge in [0.25, 0.3) is 5.91 Å². The molecule has 1 aromatic heterocycles. The van der Waals surface area contributed by atoms with Crippen molar-refractivity contribution in [2.24, 2.45) is 0 Å². The van der Waals surface area contributed by atoms with E-state index in [9.17, 15) is 22.8 Å². The summed E-state index contributed by atoms with van der Waals surface area (Å²) in [5, 5.41) is 12.1. The van der Waals surface area contributed by atoms with Gasteiger partial charge in [0.1, 0.15) is 5.75 Å². The van der Waals surface area contributed by atoms with E-state index in [4.69, 9.17) is 5.11 Å². The van der Waals surface area contributed by atoms with Crippen molar-refractivity contribution >= 4 is 28.3 Å². The molecule has 0 fully saturated rings. The average Bonchev–Trinajstić information content (AvgIpc) is 2.86. The Kier molecular flexibility index (Phi) is 4.31. The van der Waals surface area contributed by atoms with Crippen LogP contribution >= 0.6 is 11.3 Å². The van der Waals surface area contributed by atoms with Crippen molar-refractivity contribution in [3.63, 3.8) is 0 Å². The number of ether oxygens (including phenoxy) is 1. The minimum atomic E-state index is -4.94. The normalized spacial score (nSPS) is 11.0. The Morgan fingerprint density at radius 1 is 1.27 bits per heavy atom.